The first-order valence-corrected chi connectivity index (χ1v) is 9.09. The highest BCUT2D eigenvalue weighted by atomic mass is 16.5. The summed E-state index contributed by atoms with van der Waals surface area (Å²) < 4.78 is 0. The number of amides is 2. The van der Waals surface area contributed by atoms with Gasteiger partial charge in [-0.05, 0) is 63.0 Å². The van der Waals surface area contributed by atoms with E-state index in [1.807, 2.05) is 38.4 Å². The number of benzene rings is 2. The van der Waals surface area contributed by atoms with Gasteiger partial charge in [0.15, 0.2) is 0 Å². The van der Waals surface area contributed by atoms with Gasteiger partial charge < -0.3 is 15.3 Å². The number of carbonyl (C=O) groups is 2. The van der Waals surface area contributed by atoms with E-state index in [2.05, 4.69) is 22.1 Å². The van der Waals surface area contributed by atoms with Crippen LogP contribution in [-0.4, -0.2) is 53.3 Å². The smallest absolute Gasteiger partial charge is 0.268 e. The van der Waals surface area contributed by atoms with Crippen LogP contribution in [0.1, 0.15) is 41.4 Å². The second-order valence-electron chi connectivity index (χ2n) is 6.93. The largest absolute Gasteiger partial charge is 0.391 e. The van der Waals surface area contributed by atoms with Crippen molar-refractivity contribution in [2.45, 2.75) is 33.0 Å². The van der Waals surface area contributed by atoms with Gasteiger partial charge in [-0.1, -0.05) is 31.4 Å². The van der Waals surface area contributed by atoms with E-state index < -0.39 is 24.0 Å². The first kappa shape index (κ1) is 24.9. The van der Waals surface area contributed by atoms with Crippen molar-refractivity contribution in [1.82, 2.24) is 15.7 Å². The lowest BCUT2D eigenvalue weighted by Gasteiger charge is -2.19. The third-order valence-electron chi connectivity index (χ3n) is 4.11. The lowest BCUT2D eigenvalue weighted by Crippen LogP contribution is -2.51. The summed E-state index contributed by atoms with van der Waals surface area (Å²) in [5.41, 5.74) is 4.57. The van der Waals surface area contributed by atoms with Crippen molar-refractivity contribution in [1.29, 1.82) is 0 Å². The van der Waals surface area contributed by atoms with Crippen molar-refractivity contribution in [3.8, 4) is 11.8 Å². The van der Waals surface area contributed by atoms with Crippen molar-refractivity contribution in [3.63, 3.8) is 0 Å². The van der Waals surface area contributed by atoms with Gasteiger partial charge in [-0.25, -0.2) is 5.48 Å². The van der Waals surface area contributed by atoms with Crippen LogP contribution in [0.4, 0.5) is 0 Å². The molecule has 0 saturated heterocycles. The van der Waals surface area contributed by atoms with Gasteiger partial charge in [0.2, 0.25) is 0 Å². The van der Waals surface area contributed by atoms with E-state index in [-0.39, 0.29) is 7.43 Å². The van der Waals surface area contributed by atoms with Gasteiger partial charge >= 0.3 is 0 Å². The monoisotopic (exact) mass is 411 g/mol. The quantitative estimate of drug-likeness (QED) is 0.330. The standard InChI is InChI=1S/C22H25N3O4.CH4/c1-15(26)20(22(28)24-29)23-21(27)19-12-10-17(11-13-19)5-4-16-6-8-18(9-7-16)14-25(2)3;/h6-13,15,20,26,29H,14H2,1-3H3,(H,23,27)(H,24,28);1H4/t15-,20+;/m1./s1. The summed E-state index contributed by atoms with van der Waals surface area (Å²) in [5, 5.41) is 20.7. The summed E-state index contributed by atoms with van der Waals surface area (Å²) in [5.74, 6) is 4.68. The molecule has 0 unspecified atom stereocenters. The number of hydrogen-bond donors (Lipinski definition) is 4. The average molecular weight is 412 g/mol. The molecule has 2 aromatic carbocycles. The van der Waals surface area contributed by atoms with Crippen LogP contribution in [0.2, 0.25) is 0 Å². The van der Waals surface area contributed by atoms with Crippen molar-refractivity contribution >= 4 is 11.8 Å². The minimum absolute atomic E-state index is 0. The summed E-state index contributed by atoms with van der Waals surface area (Å²) in [4.78, 5) is 25.9. The maximum atomic E-state index is 12.3. The van der Waals surface area contributed by atoms with E-state index in [4.69, 9.17) is 5.21 Å². The lowest BCUT2D eigenvalue weighted by molar-refractivity contribution is -0.133. The maximum absolute atomic E-state index is 12.3. The fourth-order valence-electron chi connectivity index (χ4n) is 2.61. The normalized spacial score (nSPS) is 12.1. The molecule has 0 aliphatic rings. The molecular weight excluding hydrogens is 382 g/mol. The Labute approximate surface area is 177 Å². The van der Waals surface area contributed by atoms with Crippen LogP contribution in [0.25, 0.3) is 0 Å². The SMILES string of the molecule is C.C[C@@H](O)[C@H](NC(=O)c1ccc(C#Cc2ccc(CN(C)C)cc2)cc1)C(=O)NO. The van der Waals surface area contributed by atoms with E-state index in [1.54, 1.807) is 24.3 Å². The Bertz CT molecular complexity index is 895. The van der Waals surface area contributed by atoms with E-state index >= 15 is 0 Å². The molecule has 4 N–H and O–H groups in total. The molecule has 0 radical (unpaired) electrons. The molecule has 0 bridgehead atoms. The predicted octanol–water partition coefficient (Wildman–Crippen LogP) is 1.77. The number of nitrogens with zero attached hydrogens (tertiary/aromatic N) is 1. The lowest BCUT2D eigenvalue weighted by atomic mass is 10.1. The van der Waals surface area contributed by atoms with E-state index in [9.17, 15) is 14.7 Å². The van der Waals surface area contributed by atoms with Crippen LogP contribution in [0.3, 0.4) is 0 Å². The zero-order valence-corrected chi connectivity index (χ0v) is 16.6. The molecule has 0 fully saturated rings. The number of hydrogen-bond acceptors (Lipinski definition) is 5. The summed E-state index contributed by atoms with van der Waals surface area (Å²) in [6.45, 7) is 2.21. The number of aliphatic hydroxyl groups is 1. The third kappa shape index (κ3) is 7.33. The van der Waals surface area contributed by atoms with Gasteiger partial charge in [0.1, 0.15) is 6.04 Å². The fourth-order valence-corrected chi connectivity index (χ4v) is 2.61. The zero-order valence-electron chi connectivity index (χ0n) is 16.6. The van der Waals surface area contributed by atoms with Crippen LogP contribution in [0, 0.1) is 11.8 Å². The number of rotatable bonds is 6. The van der Waals surface area contributed by atoms with Crippen molar-refractivity contribution in [3.05, 3.63) is 70.8 Å². The van der Waals surface area contributed by atoms with Crippen molar-refractivity contribution in [2.24, 2.45) is 0 Å². The second-order valence-corrected chi connectivity index (χ2v) is 6.93. The van der Waals surface area contributed by atoms with Crippen molar-refractivity contribution < 1.29 is 19.9 Å². The Kier molecular flexibility index (Phi) is 9.72. The molecular formula is C23H29N3O4. The minimum Gasteiger partial charge on any atom is -0.391 e. The van der Waals surface area contributed by atoms with E-state index in [0.29, 0.717) is 5.56 Å². The molecule has 2 amide bonds. The zero-order chi connectivity index (χ0) is 21.4. The molecule has 0 aliphatic heterocycles. The minimum atomic E-state index is -1.26. The fraction of sp³-hybridized carbons (Fsp3) is 0.304. The number of nitrogens with one attached hydrogen (secondary N) is 2. The highest BCUT2D eigenvalue weighted by molar-refractivity contribution is 5.97. The Hall–Kier alpha value is -3.18. The molecule has 2 atom stereocenters. The Balaban J connectivity index is 0.00000450. The molecule has 0 heterocycles. The Morgan fingerprint density at radius 1 is 1.00 bits per heavy atom. The van der Waals surface area contributed by atoms with E-state index in [1.165, 1.54) is 18.0 Å². The second kappa shape index (κ2) is 11.7. The van der Waals surface area contributed by atoms with Crippen molar-refractivity contribution in [2.75, 3.05) is 14.1 Å². The average Bonchev–Trinajstić information content (AvgIpc) is 2.70. The number of hydroxylamine groups is 1. The summed E-state index contributed by atoms with van der Waals surface area (Å²) >= 11 is 0. The van der Waals surface area contributed by atoms with Crippen LogP contribution < -0.4 is 10.8 Å². The summed E-state index contributed by atoms with van der Waals surface area (Å²) in [7, 11) is 4.03. The van der Waals surface area contributed by atoms with Crippen LogP contribution in [0.15, 0.2) is 48.5 Å². The molecule has 0 aliphatic carbocycles. The highest BCUT2D eigenvalue weighted by Crippen LogP contribution is 2.07. The molecule has 2 rings (SSSR count). The van der Waals surface area contributed by atoms with Gasteiger partial charge in [-0.3, -0.25) is 14.8 Å². The summed E-state index contributed by atoms with van der Waals surface area (Å²) in [6, 6.07) is 13.3. The molecule has 0 spiro atoms. The van der Waals surface area contributed by atoms with E-state index in [0.717, 1.165) is 17.7 Å². The number of carbonyl (C=O) groups excluding carboxylic acids is 2. The molecule has 7 nitrogen and oxygen atoms in total. The molecule has 0 saturated carbocycles. The third-order valence-corrected chi connectivity index (χ3v) is 4.11. The van der Waals surface area contributed by atoms with Gasteiger partial charge in [-0.2, -0.15) is 0 Å². The number of aliphatic hydroxyl groups excluding tert-OH is 1. The highest BCUT2D eigenvalue weighted by Gasteiger charge is 2.25. The topological polar surface area (TPSA) is 102 Å². The van der Waals surface area contributed by atoms with Crippen LogP contribution in [-0.2, 0) is 11.3 Å². The Morgan fingerprint density at radius 2 is 1.50 bits per heavy atom. The molecule has 7 heteroatoms. The van der Waals surface area contributed by atoms with Gasteiger partial charge in [0, 0.05) is 23.2 Å². The van der Waals surface area contributed by atoms with Crippen LogP contribution in [0.5, 0.6) is 0 Å². The predicted molar refractivity (Wildman–Crippen MR) is 116 cm³/mol. The van der Waals surface area contributed by atoms with Gasteiger partial charge in [0.25, 0.3) is 11.8 Å². The Morgan fingerprint density at radius 3 is 1.93 bits per heavy atom. The van der Waals surface area contributed by atoms with Crippen LogP contribution >= 0.6 is 0 Å². The van der Waals surface area contributed by atoms with Gasteiger partial charge in [0.05, 0.1) is 6.10 Å². The maximum Gasteiger partial charge on any atom is 0.268 e. The molecule has 30 heavy (non-hydrogen) atoms. The summed E-state index contributed by atoms with van der Waals surface area (Å²) in [6.07, 6.45) is -1.17. The first-order chi connectivity index (χ1) is 13.8. The molecule has 160 valence electrons. The molecule has 2 aromatic rings. The molecule has 0 aromatic heterocycles. The van der Waals surface area contributed by atoms with Gasteiger partial charge in [-0.15, -0.1) is 0 Å². The first-order valence-electron chi connectivity index (χ1n) is 9.09.